The number of carbonyl (C=O) groups is 1. The van der Waals surface area contributed by atoms with Crippen molar-refractivity contribution in [2.75, 3.05) is 66.0 Å². The fourth-order valence-electron chi connectivity index (χ4n) is 4.52. The smallest absolute Gasteiger partial charge is 0.407 e. The van der Waals surface area contributed by atoms with Crippen molar-refractivity contribution in [1.82, 2.24) is 5.32 Å². The molecule has 0 aliphatic carbocycles. The standard InChI is InChI=1S/C31H49NO11/c1-28(2)38-13-24(14-39-28)35-20-31(21-36-25-15-40-29(3,4)41-16-25,22-37-26-17-42-30(5,6)43-18-26)19-32-27(33)34-12-23-10-8-7-9-11-23/h7-11,24-26H,12-22H2,1-6H3,(H,32,33). The van der Waals surface area contributed by atoms with E-state index in [1.54, 1.807) is 0 Å². The first-order chi connectivity index (χ1) is 20.3. The van der Waals surface area contributed by atoms with E-state index in [0.29, 0.717) is 39.6 Å². The minimum atomic E-state index is -0.821. The lowest BCUT2D eigenvalue weighted by Crippen LogP contribution is -2.53. The Bertz CT molecular complexity index is 894. The number of alkyl carbamates (subject to hydrolysis) is 1. The van der Waals surface area contributed by atoms with E-state index in [0.717, 1.165) is 5.56 Å². The van der Waals surface area contributed by atoms with Crippen LogP contribution in [0.15, 0.2) is 30.3 Å². The molecule has 1 aromatic rings. The molecule has 3 fully saturated rings. The molecule has 0 aromatic heterocycles. The Hall–Kier alpha value is -1.87. The maximum Gasteiger partial charge on any atom is 0.407 e. The molecule has 0 radical (unpaired) electrons. The Balaban J connectivity index is 1.43. The molecular formula is C31H49NO11. The number of benzene rings is 1. The van der Waals surface area contributed by atoms with E-state index in [4.69, 9.17) is 47.4 Å². The van der Waals surface area contributed by atoms with Gasteiger partial charge in [0.1, 0.15) is 24.9 Å². The summed E-state index contributed by atoms with van der Waals surface area (Å²) in [6.45, 7) is 14.3. The predicted octanol–water partition coefficient (Wildman–Crippen LogP) is 3.40. The maximum atomic E-state index is 12.8. The highest BCUT2D eigenvalue weighted by molar-refractivity contribution is 5.67. The molecule has 244 valence electrons. The van der Waals surface area contributed by atoms with Crippen molar-refractivity contribution in [2.24, 2.45) is 5.41 Å². The molecule has 1 aromatic carbocycles. The average molecular weight is 612 g/mol. The number of nitrogens with one attached hydrogen (secondary N) is 1. The molecule has 0 saturated carbocycles. The molecule has 1 amide bonds. The first kappa shape index (κ1) is 34.0. The van der Waals surface area contributed by atoms with Gasteiger partial charge in [-0.2, -0.15) is 0 Å². The third-order valence-electron chi connectivity index (χ3n) is 7.40. The highest BCUT2D eigenvalue weighted by Gasteiger charge is 2.39. The highest BCUT2D eigenvalue weighted by Crippen LogP contribution is 2.27. The van der Waals surface area contributed by atoms with Crippen LogP contribution < -0.4 is 5.32 Å². The molecule has 3 heterocycles. The van der Waals surface area contributed by atoms with E-state index >= 15 is 0 Å². The molecule has 3 aliphatic rings. The second-order valence-electron chi connectivity index (χ2n) is 12.8. The Morgan fingerprint density at radius 2 is 1.07 bits per heavy atom. The minimum Gasteiger partial charge on any atom is -0.445 e. The summed E-state index contributed by atoms with van der Waals surface area (Å²) < 4.78 is 59.2. The van der Waals surface area contributed by atoms with Crippen molar-refractivity contribution in [3.8, 4) is 0 Å². The Morgan fingerprint density at radius 3 is 1.44 bits per heavy atom. The maximum absolute atomic E-state index is 12.8. The van der Waals surface area contributed by atoms with Crippen LogP contribution >= 0.6 is 0 Å². The summed E-state index contributed by atoms with van der Waals surface area (Å²) in [5.41, 5.74) is 0.0677. The van der Waals surface area contributed by atoms with Gasteiger partial charge in [-0.15, -0.1) is 0 Å². The number of rotatable bonds is 13. The van der Waals surface area contributed by atoms with E-state index in [1.807, 2.05) is 71.9 Å². The van der Waals surface area contributed by atoms with Crippen LogP contribution in [0.4, 0.5) is 4.79 Å². The summed E-state index contributed by atoms with van der Waals surface area (Å²) in [4.78, 5) is 12.8. The van der Waals surface area contributed by atoms with Gasteiger partial charge in [0.2, 0.25) is 0 Å². The van der Waals surface area contributed by atoms with Gasteiger partial charge in [-0.1, -0.05) is 30.3 Å². The van der Waals surface area contributed by atoms with E-state index in [-0.39, 0.29) is 51.3 Å². The molecule has 0 unspecified atom stereocenters. The molecular weight excluding hydrogens is 562 g/mol. The van der Waals surface area contributed by atoms with Gasteiger partial charge in [0.05, 0.1) is 64.9 Å². The summed E-state index contributed by atoms with van der Waals surface area (Å²) >= 11 is 0. The quantitative estimate of drug-likeness (QED) is 0.353. The van der Waals surface area contributed by atoms with Crippen LogP contribution in [0.2, 0.25) is 0 Å². The van der Waals surface area contributed by atoms with Gasteiger partial charge in [0.25, 0.3) is 0 Å². The number of hydrogen-bond donors (Lipinski definition) is 1. The average Bonchev–Trinajstić information content (AvgIpc) is 2.97. The van der Waals surface area contributed by atoms with Crippen LogP contribution in [0.3, 0.4) is 0 Å². The van der Waals surface area contributed by atoms with Crippen LogP contribution in [0.25, 0.3) is 0 Å². The molecule has 1 N–H and O–H groups in total. The summed E-state index contributed by atoms with van der Waals surface area (Å²) in [6.07, 6.45) is -1.47. The Kier molecular flexibility index (Phi) is 11.8. The normalized spacial score (nSPS) is 23.1. The van der Waals surface area contributed by atoms with Crippen LogP contribution in [0.5, 0.6) is 0 Å². The van der Waals surface area contributed by atoms with Crippen molar-refractivity contribution >= 4 is 6.09 Å². The zero-order valence-corrected chi connectivity index (χ0v) is 26.4. The van der Waals surface area contributed by atoms with Crippen molar-refractivity contribution in [1.29, 1.82) is 0 Å². The number of carbonyl (C=O) groups excluding carboxylic acids is 1. The van der Waals surface area contributed by atoms with E-state index in [2.05, 4.69) is 5.32 Å². The van der Waals surface area contributed by atoms with Crippen molar-refractivity contribution in [3.63, 3.8) is 0 Å². The molecule has 3 aliphatic heterocycles. The van der Waals surface area contributed by atoms with Gasteiger partial charge in [-0.05, 0) is 47.1 Å². The number of ether oxygens (including phenoxy) is 10. The Morgan fingerprint density at radius 1 is 0.698 bits per heavy atom. The lowest BCUT2D eigenvalue weighted by Gasteiger charge is -2.41. The van der Waals surface area contributed by atoms with Gasteiger partial charge in [0.15, 0.2) is 17.4 Å². The van der Waals surface area contributed by atoms with Crippen molar-refractivity contribution in [3.05, 3.63) is 35.9 Å². The van der Waals surface area contributed by atoms with Crippen molar-refractivity contribution < 1.29 is 52.2 Å². The third-order valence-corrected chi connectivity index (χ3v) is 7.40. The molecule has 43 heavy (non-hydrogen) atoms. The van der Waals surface area contributed by atoms with Gasteiger partial charge >= 0.3 is 6.09 Å². The summed E-state index contributed by atoms with van der Waals surface area (Å²) in [7, 11) is 0. The molecule has 12 nitrogen and oxygen atoms in total. The van der Waals surface area contributed by atoms with Crippen LogP contribution in [0.1, 0.15) is 47.1 Å². The Labute approximate surface area is 254 Å². The van der Waals surface area contributed by atoms with Gasteiger partial charge in [-0.25, -0.2) is 4.79 Å². The van der Waals surface area contributed by atoms with Crippen LogP contribution in [0, 0.1) is 5.41 Å². The van der Waals surface area contributed by atoms with Crippen LogP contribution in [-0.2, 0) is 54.0 Å². The largest absolute Gasteiger partial charge is 0.445 e. The molecule has 0 spiro atoms. The summed E-state index contributed by atoms with van der Waals surface area (Å²) in [5.74, 6) is -2.01. The minimum absolute atomic E-state index is 0.148. The van der Waals surface area contributed by atoms with Crippen LogP contribution in [-0.4, -0.2) is 108 Å². The fraction of sp³-hybridized carbons (Fsp3) is 0.774. The van der Waals surface area contributed by atoms with E-state index in [1.165, 1.54) is 0 Å². The van der Waals surface area contributed by atoms with Gasteiger partial charge in [0, 0.05) is 6.54 Å². The summed E-state index contributed by atoms with van der Waals surface area (Å²) in [6, 6.07) is 9.50. The van der Waals surface area contributed by atoms with E-state index in [9.17, 15) is 4.79 Å². The van der Waals surface area contributed by atoms with E-state index < -0.39 is 28.9 Å². The topological polar surface area (TPSA) is 121 Å². The molecule has 12 heteroatoms. The lowest BCUT2D eigenvalue weighted by molar-refractivity contribution is -0.294. The van der Waals surface area contributed by atoms with Gasteiger partial charge < -0.3 is 52.7 Å². The van der Waals surface area contributed by atoms with Crippen molar-refractivity contribution in [2.45, 2.75) is 83.8 Å². The monoisotopic (exact) mass is 611 g/mol. The fourth-order valence-corrected chi connectivity index (χ4v) is 4.52. The third kappa shape index (κ3) is 11.5. The molecule has 0 bridgehead atoms. The highest BCUT2D eigenvalue weighted by atomic mass is 16.7. The van der Waals surface area contributed by atoms with Gasteiger partial charge in [-0.3, -0.25) is 0 Å². The molecule has 3 saturated heterocycles. The zero-order chi connectivity index (χ0) is 31.0. The first-order valence-corrected chi connectivity index (χ1v) is 15.0. The SMILES string of the molecule is CC1(C)OCC(OCC(CNC(=O)OCc2ccccc2)(COC2COC(C)(C)OC2)COC2COC(C)(C)OC2)CO1. The second kappa shape index (κ2) is 14.9. The second-order valence-corrected chi connectivity index (χ2v) is 12.8. The first-order valence-electron chi connectivity index (χ1n) is 15.0. The number of amides is 1. The lowest BCUT2D eigenvalue weighted by atomic mass is 9.90. The zero-order valence-electron chi connectivity index (χ0n) is 26.4. The predicted molar refractivity (Wildman–Crippen MR) is 154 cm³/mol. The molecule has 0 atom stereocenters. The number of hydrogen-bond acceptors (Lipinski definition) is 11. The summed E-state index contributed by atoms with van der Waals surface area (Å²) in [5, 5.41) is 2.91. The molecule has 4 rings (SSSR count).